The van der Waals surface area contributed by atoms with Gasteiger partial charge in [0.2, 0.25) is 5.91 Å². The number of nitrogens with zero attached hydrogens (tertiary/aromatic N) is 1. The molecule has 0 radical (unpaired) electrons. The van der Waals surface area contributed by atoms with E-state index in [2.05, 4.69) is 6.92 Å². The molecule has 0 saturated carbocycles. The molecule has 2 aliphatic heterocycles. The number of ether oxygens (including phenoxy) is 1. The fourth-order valence-electron chi connectivity index (χ4n) is 3.28. The van der Waals surface area contributed by atoms with Crippen molar-refractivity contribution >= 4 is 5.91 Å². The Labute approximate surface area is 109 Å². The number of amides is 1. The largest absolute Gasteiger partial charge is 0.393 e. The first-order valence-corrected chi connectivity index (χ1v) is 7.04. The van der Waals surface area contributed by atoms with Gasteiger partial charge >= 0.3 is 0 Å². The first-order valence-electron chi connectivity index (χ1n) is 7.04. The second-order valence-corrected chi connectivity index (χ2v) is 6.00. The Morgan fingerprint density at radius 1 is 1.33 bits per heavy atom. The Morgan fingerprint density at radius 3 is 2.44 bits per heavy atom. The lowest BCUT2D eigenvalue weighted by Crippen LogP contribution is -2.40. The van der Waals surface area contributed by atoms with E-state index in [0.717, 1.165) is 13.0 Å². The summed E-state index contributed by atoms with van der Waals surface area (Å²) in [5.74, 6) is 0.702. The van der Waals surface area contributed by atoms with Crippen molar-refractivity contribution in [3.63, 3.8) is 0 Å². The third-order valence-electron chi connectivity index (χ3n) is 4.75. The summed E-state index contributed by atoms with van der Waals surface area (Å²) < 4.78 is 5.74. The molecule has 2 heterocycles. The fourth-order valence-corrected chi connectivity index (χ4v) is 3.28. The molecular weight excluding hydrogens is 230 g/mol. The van der Waals surface area contributed by atoms with Crippen molar-refractivity contribution in [1.29, 1.82) is 0 Å². The molecule has 2 fully saturated rings. The maximum Gasteiger partial charge on any atom is 0.228 e. The molecular formula is C14H25NO3. The predicted molar refractivity (Wildman–Crippen MR) is 69.0 cm³/mol. The Kier molecular flexibility index (Phi) is 3.97. The molecule has 6 unspecified atom stereocenters. The van der Waals surface area contributed by atoms with Crippen LogP contribution in [0.3, 0.4) is 0 Å². The summed E-state index contributed by atoms with van der Waals surface area (Å²) in [5, 5.41) is 9.60. The van der Waals surface area contributed by atoms with Gasteiger partial charge in [0.25, 0.3) is 0 Å². The number of hydrogen-bond acceptors (Lipinski definition) is 3. The highest BCUT2D eigenvalue weighted by molar-refractivity contribution is 5.80. The topological polar surface area (TPSA) is 49.8 Å². The van der Waals surface area contributed by atoms with E-state index >= 15 is 0 Å². The summed E-state index contributed by atoms with van der Waals surface area (Å²) in [5.41, 5.74) is 0. The molecule has 0 aliphatic carbocycles. The molecule has 0 aromatic carbocycles. The van der Waals surface area contributed by atoms with Crippen LogP contribution in [0.1, 0.15) is 34.1 Å². The summed E-state index contributed by atoms with van der Waals surface area (Å²) in [6.45, 7) is 9.41. The zero-order valence-electron chi connectivity index (χ0n) is 11.8. The van der Waals surface area contributed by atoms with Gasteiger partial charge in [0.1, 0.15) is 0 Å². The number of carbonyl (C=O) groups excluding carboxylic acids is 1. The summed E-state index contributed by atoms with van der Waals surface area (Å²) in [6, 6.07) is 0. The Hall–Kier alpha value is -0.610. The summed E-state index contributed by atoms with van der Waals surface area (Å²) in [6.07, 6.45) is 0.753. The predicted octanol–water partition coefficient (Wildman–Crippen LogP) is 1.28. The first-order chi connectivity index (χ1) is 8.41. The van der Waals surface area contributed by atoms with Crippen LogP contribution in [0.25, 0.3) is 0 Å². The summed E-state index contributed by atoms with van der Waals surface area (Å²) >= 11 is 0. The Morgan fingerprint density at radius 2 is 2.00 bits per heavy atom. The van der Waals surface area contributed by atoms with Crippen molar-refractivity contribution in [1.82, 2.24) is 4.90 Å². The summed E-state index contributed by atoms with van der Waals surface area (Å²) in [7, 11) is 0. The lowest BCUT2D eigenvalue weighted by molar-refractivity contribution is -0.137. The van der Waals surface area contributed by atoms with Crippen LogP contribution in [0.5, 0.6) is 0 Å². The van der Waals surface area contributed by atoms with Gasteiger partial charge < -0.3 is 14.7 Å². The first kappa shape index (κ1) is 13.8. The van der Waals surface area contributed by atoms with E-state index in [9.17, 15) is 9.90 Å². The van der Waals surface area contributed by atoms with E-state index in [0.29, 0.717) is 6.54 Å². The van der Waals surface area contributed by atoms with Crippen LogP contribution in [-0.4, -0.2) is 47.3 Å². The molecule has 0 spiro atoms. The van der Waals surface area contributed by atoms with Crippen LogP contribution in [0, 0.1) is 17.8 Å². The lowest BCUT2D eigenvalue weighted by atomic mass is 9.88. The number of aliphatic hydroxyl groups excluding tert-OH is 1. The molecule has 2 rings (SSSR count). The maximum atomic E-state index is 12.5. The SMILES string of the molecule is CC(O)C1CCN(C(=O)C2C(C)OC(C)C2C)C1. The minimum atomic E-state index is -0.323. The minimum Gasteiger partial charge on any atom is -0.393 e. The Balaban J connectivity index is 2.00. The monoisotopic (exact) mass is 255 g/mol. The van der Waals surface area contributed by atoms with Crippen LogP contribution >= 0.6 is 0 Å². The van der Waals surface area contributed by atoms with Gasteiger partial charge in [-0.1, -0.05) is 6.92 Å². The quantitative estimate of drug-likeness (QED) is 0.808. The molecule has 4 heteroatoms. The fraction of sp³-hybridized carbons (Fsp3) is 0.929. The lowest BCUT2D eigenvalue weighted by Gasteiger charge is -2.25. The highest BCUT2D eigenvalue weighted by Gasteiger charge is 2.44. The maximum absolute atomic E-state index is 12.5. The molecule has 0 aromatic heterocycles. The van der Waals surface area contributed by atoms with Crippen molar-refractivity contribution < 1.29 is 14.6 Å². The molecule has 1 N–H and O–H groups in total. The van der Waals surface area contributed by atoms with Gasteiger partial charge in [0.05, 0.1) is 24.2 Å². The normalized spacial score (nSPS) is 42.3. The molecule has 2 saturated heterocycles. The van der Waals surface area contributed by atoms with E-state index < -0.39 is 0 Å². The third-order valence-corrected chi connectivity index (χ3v) is 4.75. The van der Waals surface area contributed by atoms with Gasteiger partial charge in [0.15, 0.2) is 0 Å². The van der Waals surface area contributed by atoms with Crippen LogP contribution < -0.4 is 0 Å². The molecule has 4 nitrogen and oxygen atoms in total. The smallest absolute Gasteiger partial charge is 0.228 e. The second-order valence-electron chi connectivity index (χ2n) is 6.00. The van der Waals surface area contributed by atoms with Crippen LogP contribution in [-0.2, 0) is 9.53 Å². The third kappa shape index (κ3) is 2.41. The average Bonchev–Trinajstić information content (AvgIpc) is 2.85. The number of likely N-dealkylation sites (tertiary alicyclic amines) is 1. The number of carbonyl (C=O) groups is 1. The van der Waals surface area contributed by atoms with Gasteiger partial charge in [-0.15, -0.1) is 0 Å². The van der Waals surface area contributed by atoms with Crippen molar-refractivity contribution in [2.75, 3.05) is 13.1 Å². The van der Waals surface area contributed by atoms with Gasteiger partial charge in [-0.3, -0.25) is 4.79 Å². The zero-order chi connectivity index (χ0) is 13.4. The van der Waals surface area contributed by atoms with E-state index in [1.807, 2.05) is 25.7 Å². The summed E-state index contributed by atoms with van der Waals surface area (Å²) in [4.78, 5) is 14.5. The van der Waals surface area contributed by atoms with Crippen LogP contribution in [0.15, 0.2) is 0 Å². The average molecular weight is 255 g/mol. The standard InChI is InChI=1S/C14H25NO3/c1-8-10(3)18-11(4)13(8)14(17)15-6-5-12(7-15)9(2)16/h8-13,16H,5-7H2,1-4H3. The number of hydrogen-bond donors (Lipinski definition) is 1. The molecule has 18 heavy (non-hydrogen) atoms. The van der Waals surface area contributed by atoms with Crippen molar-refractivity contribution in [3.05, 3.63) is 0 Å². The van der Waals surface area contributed by atoms with Crippen molar-refractivity contribution in [2.24, 2.45) is 17.8 Å². The second kappa shape index (κ2) is 5.17. The molecule has 6 atom stereocenters. The highest BCUT2D eigenvalue weighted by Crippen LogP contribution is 2.34. The van der Waals surface area contributed by atoms with Gasteiger partial charge in [0, 0.05) is 19.0 Å². The van der Waals surface area contributed by atoms with Gasteiger partial charge in [-0.25, -0.2) is 0 Å². The van der Waals surface area contributed by atoms with Crippen LogP contribution in [0.4, 0.5) is 0 Å². The molecule has 0 bridgehead atoms. The van der Waals surface area contributed by atoms with Crippen molar-refractivity contribution in [3.8, 4) is 0 Å². The Bertz CT molecular complexity index is 318. The van der Waals surface area contributed by atoms with Crippen molar-refractivity contribution in [2.45, 2.75) is 52.4 Å². The molecule has 1 amide bonds. The van der Waals surface area contributed by atoms with E-state index in [4.69, 9.17) is 4.74 Å². The van der Waals surface area contributed by atoms with Gasteiger partial charge in [-0.2, -0.15) is 0 Å². The molecule has 104 valence electrons. The van der Waals surface area contributed by atoms with E-state index in [1.165, 1.54) is 0 Å². The minimum absolute atomic E-state index is 0.00750. The van der Waals surface area contributed by atoms with Gasteiger partial charge in [-0.05, 0) is 33.1 Å². The molecule has 2 aliphatic rings. The van der Waals surface area contributed by atoms with E-state index in [-0.39, 0.29) is 42.0 Å². The number of rotatable bonds is 2. The highest BCUT2D eigenvalue weighted by atomic mass is 16.5. The van der Waals surface area contributed by atoms with Crippen LogP contribution in [0.2, 0.25) is 0 Å². The molecule has 0 aromatic rings. The number of aliphatic hydroxyl groups is 1. The van der Waals surface area contributed by atoms with E-state index in [1.54, 1.807) is 0 Å². The zero-order valence-corrected chi connectivity index (χ0v) is 11.8.